The number of aromatic nitrogens is 3. The average molecular weight is 195 g/mol. The minimum atomic E-state index is 0.211. The van der Waals surface area contributed by atoms with Crippen molar-refractivity contribution in [2.75, 3.05) is 6.26 Å². The summed E-state index contributed by atoms with van der Waals surface area (Å²) in [6.07, 6.45) is 5.35. The van der Waals surface area contributed by atoms with Crippen LogP contribution in [0.15, 0.2) is 17.6 Å². The van der Waals surface area contributed by atoms with Gasteiger partial charge in [0.1, 0.15) is 0 Å². The van der Waals surface area contributed by atoms with Crippen molar-refractivity contribution in [2.45, 2.75) is 5.16 Å². The Morgan fingerprint density at radius 2 is 2.31 bits per heavy atom. The SMILES string of the molecule is CSc1ncc2c(O)n(C)cc2n1. The molecule has 0 saturated heterocycles. The lowest BCUT2D eigenvalue weighted by Gasteiger charge is -1.93. The number of hydrogen-bond donors (Lipinski definition) is 1. The maximum Gasteiger partial charge on any atom is 0.202 e. The second-order valence-corrected chi connectivity index (χ2v) is 3.49. The van der Waals surface area contributed by atoms with Crippen LogP contribution >= 0.6 is 11.8 Å². The van der Waals surface area contributed by atoms with E-state index in [1.165, 1.54) is 11.8 Å². The molecular weight excluding hydrogens is 186 g/mol. The molecule has 2 rings (SSSR count). The second kappa shape index (κ2) is 2.92. The van der Waals surface area contributed by atoms with Crippen molar-refractivity contribution in [3.63, 3.8) is 0 Å². The highest BCUT2D eigenvalue weighted by Crippen LogP contribution is 2.24. The van der Waals surface area contributed by atoms with Gasteiger partial charge in [0.25, 0.3) is 0 Å². The van der Waals surface area contributed by atoms with Crippen LogP contribution in [0.5, 0.6) is 5.88 Å². The number of nitrogens with zero attached hydrogens (tertiary/aromatic N) is 3. The van der Waals surface area contributed by atoms with E-state index in [1.54, 1.807) is 24.0 Å². The number of aryl methyl sites for hydroxylation is 1. The van der Waals surface area contributed by atoms with E-state index in [0.29, 0.717) is 5.39 Å². The summed E-state index contributed by atoms with van der Waals surface area (Å²) in [4.78, 5) is 8.32. The lowest BCUT2D eigenvalue weighted by atomic mass is 10.4. The fourth-order valence-corrected chi connectivity index (χ4v) is 1.53. The predicted molar refractivity (Wildman–Crippen MR) is 52.0 cm³/mol. The molecule has 0 radical (unpaired) electrons. The monoisotopic (exact) mass is 195 g/mol. The fourth-order valence-electron chi connectivity index (χ4n) is 1.18. The van der Waals surface area contributed by atoms with Crippen molar-refractivity contribution in [1.29, 1.82) is 0 Å². The highest BCUT2D eigenvalue weighted by Gasteiger charge is 2.07. The molecule has 0 atom stereocenters. The first-order valence-corrected chi connectivity index (χ1v) is 5.00. The summed E-state index contributed by atoms with van der Waals surface area (Å²) in [6.45, 7) is 0. The van der Waals surface area contributed by atoms with Gasteiger partial charge in [0, 0.05) is 19.4 Å². The number of thioether (sulfide) groups is 1. The van der Waals surface area contributed by atoms with Crippen LogP contribution in [0.1, 0.15) is 0 Å². The molecule has 1 N–H and O–H groups in total. The van der Waals surface area contributed by atoms with Crippen molar-refractivity contribution in [3.8, 4) is 5.88 Å². The van der Waals surface area contributed by atoms with Gasteiger partial charge in [0.05, 0.1) is 10.9 Å². The third-order valence-electron chi connectivity index (χ3n) is 1.87. The predicted octanol–water partition coefficient (Wildman–Crippen LogP) is 1.40. The van der Waals surface area contributed by atoms with Gasteiger partial charge in [-0.05, 0) is 6.26 Å². The fraction of sp³-hybridized carbons (Fsp3) is 0.250. The summed E-state index contributed by atoms with van der Waals surface area (Å²) in [7, 11) is 1.77. The molecule has 0 aliphatic carbocycles. The largest absolute Gasteiger partial charge is 0.494 e. The Balaban J connectivity index is 2.73. The molecule has 0 aliphatic heterocycles. The third-order valence-corrected chi connectivity index (χ3v) is 2.43. The second-order valence-electron chi connectivity index (χ2n) is 2.72. The maximum atomic E-state index is 9.54. The molecular formula is C8H9N3OS. The van der Waals surface area contributed by atoms with E-state index in [0.717, 1.165) is 10.7 Å². The van der Waals surface area contributed by atoms with Crippen molar-refractivity contribution >= 4 is 22.7 Å². The van der Waals surface area contributed by atoms with E-state index in [4.69, 9.17) is 0 Å². The summed E-state index contributed by atoms with van der Waals surface area (Å²) in [6, 6.07) is 0. The molecule has 0 aliphatic rings. The van der Waals surface area contributed by atoms with Gasteiger partial charge < -0.3 is 9.67 Å². The van der Waals surface area contributed by atoms with Crippen LogP contribution in [0.4, 0.5) is 0 Å². The van der Waals surface area contributed by atoms with Gasteiger partial charge in [-0.15, -0.1) is 0 Å². The molecule has 0 fully saturated rings. The maximum absolute atomic E-state index is 9.54. The third kappa shape index (κ3) is 1.25. The highest BCUT2D eigenvalue weighted by atomic mass is 32.2. The quantitative estimate of drug-likeness (QED) is 0.552. The van der Waals surface area contributed by atoms with Crippen LogP contribution in [0.3, 0.4) is 0 Å². The van der Waals surface area contributed by atoms with Gasteiger partial charge in [-0.2, -0.15) is 0 Å². The summed E-state index contributed by atoms with van der Waals surface area (Å²) in [5.41, 5.74) is 0.777. The molecule has 5 heteroatoms. The van der Waals surface area contributed by atoms with Gasteiger partial charge in [-0.25, -0.2) is 9.97 Å². The van der Waals surface area contributed by atoms with Crippen molar-refractivity contribution in [1.82, 2.24) is 14.5 Å². The zero-order valence-electron chi connectivity index (χ0n) is 7.35. The first-order chi connectivity index (χ1) is 6.22. The van der Waals surface area contributed by atoms with E-state index in [1.807, 2.05) is 6.26 Å². The summed E-state index contributed by atoms with van der Waals surface area (Å²) >= 11 is 1.49. The van der Waals surface area contributed by atoms with Crippen LogP contribution < -0.4 is 0 Å². The highest BCUT2D eigenvalue weighted by molar-refractivity contribution is 7.98. The Kier molecular flexibility index (Phi) is 1.88. The molecule has 2 heterocycles. The Morgan fingerprint density at radius 3 is 3.00 bits per heavy atom. The van der Waals surface area contributed by atoms with Crippen LogP contribution in [0, 0.1) is 0 Å². The number of rotatable bonds is 1. The van der Waals surface area contributed by atoms with Crippen LogP contribution in [0.2, 0.25) is 0 Å². The molecule has 0 amide bonds. The van der Waals surface area contributed by atoms with Gasteiger partial charge in [-0.1, -0.05) is 11.8 Å². The number of fused-ring (bicyclic) bond motifs is 1. The van der Waals surface area contributed by atoms with E-state index in [-0.39, 0.29) is 5.88 Å². The van der Waals surface area contributed by atoms with Crippen LogP contribution in [0.25, 0.3) is 10.9 Å². The Bertz CT molecular complexity index is 452. The van der Waals surface area contributed by atoms with Gasteiger partial charge >= 0.3 is 0 Å². The zero-order valence-corrected chi connectivity index (χ0v) is 8.17. The Morgan fingerprint density at radius 1 is 1.54 bits per heavy atom. The van der Waals surface area contributed by atoms with Crippen molar-refractivity contribution in [2.24, 2.45) is 7.05 Å². The Hall–Kier alpha value is -1.23. The summed E-state index contributed by atoms with van der Waals surface area (Å²) < 4.78 is 1.63. The van der Waals surface area contributed by atoms with E-state index in [9.17, 15) is 5.11 Å². The zero-order chi connectivity index (χ0) is 9.42. The molecule has 2 aromatic heterocycles. The topological polar surface area (TPSA) is 50.9 Å². The Labute approximate surface area is 79.6 Å². The molecule has 13 heavy (non-hydrogen) atoms. The molecule has 68 valence electrons. The van der Waals surface area contributed by atoms with E-state index < -0.39 is 0 Å². The van der Waals surface area contributed by atoms with Crippen molar-refractivity contribution in [3.05, 3.63) is 12.4 Å². The normalized spacial score (nSPS) is 10.9. The minimum Gasteiger partial charge on any atom is -0.494 e. The standard InChI is InChI=1S/C8H9N3OS/c1-11-4-6-5(7(11)12)3-9-8(10-6)13-2/h3-4,12H,1-2H3. The van der Waals surface area contributed by atoms with Crippen molar-refractivity contribution < 1.29 is 5.11 Å². The molecule has 0 unspecified atom stereocenters. The molecule has 0 bridgehead atoms. The summed E-state index contributed by atoms with van der Waals surface area (Å²) in [5, 5.41) is 11.0. The van der Waals surface area contributed by atoms with E-state index in [2.05, 4.69) is 9.97 Å². The molecule has 0 spiro atoms. The smallest absolute Gasteiger partial charge is 0.202 e. The minimum absolute atomic E-state index is 0.211. The lowest BCUT2D eigenvalue weighted by molar-refractivity contribution is 0.437. The van der Waals surface area contributed by atoms with Gasteiger partial charge in [0.15, 0.2) is 5.16 Å². The average Bonchev–Trinajstić information content (AvgIpc) is 2.42. The molecule has 2 aromatic rings. The van der Waals surface area contributed by atoms with Gasteiger partial charge in [-0.3, -0.25) is 0 Å². The van der Waals surface area contributed by atoms with Crippen LogP contribution in [-0.4, -0.2) is 25.9 Å². The first-order valence-electron chi connectivity index (χ1n) is 3.77. The van der Waals surface area contributed by atoms with Crippen LogP contribution in [-0.2, 0) is 7.05 Å². The summed E-state index contributed by atoms with van der Waals surface area (Å²) in [5.74, 6) is 0.211. The number of aromatic hydroxyl groups is 1. The van der Waals surface area contributed by atoms with E-state index >= 15 is 0 Å². The lowest BCUT2D eigenvalue weighted by Crippen LogP contribution is -1.83. The number of hydrogen-bond acceptors (Lipinski definition) is 4. The molecule has 4 nitrogen and oxygen atoms in total. The first kappa shape index (κ1) is 8.37. The van der Waals surface area contributed by atoms with Gasteiger partial charge in [0.2, 0.25) is 5.88 Å². The molecule has 0 aromatic carbocycles. The molecule has 0 saturated carbocycles.